The molecule has 1 atom stereocenters. The third-order valence-corrected chi connectivity index (χ3v) is 2.54. The second-order valence-electron chi connectivity index (χ2n) is 3.99. The number of benzene rings is 1. The van der Waals surface area contributed by atoms with Crippen LogP contribution in [0, 0.1) is 5.92 Å². The number of para-hydroxylation sites is 2. The van der Waals surface area contributed by atoms with Crippen LogP contribution in [0.15, 0.2) is 24.3 Å². The van der Waals surface area contributed by atoms with E-state index in [4.69, 9.17) is 10.5 Å². The number of rotatable bonds is 7. The fraction of sp³-hybridized carbons (Fsp3) is 0.538. The lowest BCUT2D eigenvalue weighted by Gasteiger charge is -2.13. The van der Waals surface area contributed by atoms with Crippen molar-refractivity contribution in [1.82, 2.24) is 0 Å². The monoisotopic (exact) mass is 222 g/mol. The van der Waals surface area contributed by atoms with Crippen molar-refractivity contribution in [3.8, 4) is 5.75 Å². The van der Waals surface area contributed by atoms with Gasteiger partial charge in [0.05, 0.1) is 12.3 Å². The van der Waals surface area contributed by atoms with Crippen molar-refractivity contribution in [2.24, 2.45) is 11.7 Å². The molecule has 1 rings (SSSR count). The first-order valence-corrected chi connectivity index (χ1v) is 5.93. The van der Waals surface area contributed by atoms with Crippen LogP contribution in [0.25, 0.3) is 0 Å². The third-order valence-electron chi connectivity index (χ3n) is 2.54. The number of nitrogens with one attached hydrogen (secondary N) is 1. The van der Waals surface area contributed by atoms with Crippen molar-refractivity contribution in [2.75, 3.05) is 25.0 Å². The molecule has 0 saturated carbocycles. The predicted molar refractivity (Wildman–Crippen MR) is 68.9 cm³/mol. The second-order valence-corrected chi connectivity index (χ2v) is 3.99. The fourth-order valence-electron chi connectivity index (χ4n) is 1.47. The minimum Gasteiger partial charge on any atom is -0.492 e. The summed E-state index contributed by atoms with van der Waals surface area (Å²) in [6.07, 6.45) is 1.08. The molecule has 0 aliphatic carbocycles. The Balaban J connectivity index is 2.46. The SMILES string of the molecule is CCOc1ccccc1NCCC(C)CN. The number of nitrogens with two attached hydrogens (primary N) is 1. The summed E-state index contributed by atoms with van der Waals surface area (Å²) in [6, 6.07) is 8.02. The van der Waals surface area contributed by atoms with Gasteiger partial charge in [0.1, 0.15) is 5.75 Å². The average Bonchev–Trinajstić information content (AvgIpc) is 2.31. The summed E-state index contributed by atoms with van der Waals surface area (Å²) in [5.41, 5.74) is 6.64. The van der Waals surface area contributed by atoms with Crippen molar-refractivity contribution in [2.45, 2.75) is 20.3 Å². The highest BCUT2D eigenvalue weighted by atomic mass is 16.5. The van der Waals surface area contributed by atoms with E-state index in [2.05, 4.69) is 12.2 Å². The molecule has 0 spiro atoms. The average molecular weight is 222 g/mol. The van der Waals surface area contributed by atoms with Crippen LogP contribution in [0.3, 0.4) is 0 Å². The molecule has 0 bridgehead atoms. The van der Waals surface area contributed by atoms with Crippen LogP contribution in [-0.2, 0) is 0 Å². The topological polar surface area (TPSA) is 47.3 Å². The Labute approximate surface area is 98.0 Å². The number of anilines is 1. The maximum atomic E-state index is 5.58. The zero-order chi connectivity index (χ0) is 11.8. The van der Waals surface area contributed by atoms with Crippen molar-refractivity contribution in [3.63, 3.8) is 0 Å². The predicted octanol–water partition coefficient (Wildman–Crippen LogP) is 2.48. The van der Waals surface area contributed by atoms with Gasteiger partial charge < -0.3 is 15.8 Å². The third kappa shape index (κ3) is 4.11. The van der Waals surface area contributed by atoms with Gasteiger partial charge in [-0.15, -0.1) is 0 Å². The molecular weight excluding hydrogens is 200 g/mol. The highest BCUT2D eigenvalue weighted by Gasteiger charge is 2.02. The van der Waals surface area contributed by atoms with Gasteiger partial charge in [-0.25, -0.2) is 0 Å². The lowest BCUT2D eigenvalue weighted by Crippen LogP contribution is -2.15. The zero-order valence-electron chi connectivity index (χ0n) is 10.2. The van der Waals surface area contributed by atoms with Crippen molar-refractivity contribution in [1.29, 1.82) is 0 Å². The van der Waals surface area contributed by atoms with Gasteiger partial charge in [0, 0.05) is 6.54 Å². The molecule has 0 aromatic heterocycles. The van der Waals surface area contributed by atoms with E-state index in [9.17, 15) is 0 Å². The highest BCUT2D eigenvalue weighted by Crippen LogP contribution is 2.23. The lowest BCUT2D eigenvalue weighted by molar-refractivity contribution is 0.341. The normalized spacial score (nSPS) is 12.2. The van der Waals surface area contributed by atoms with E-state index in [1.807, 2.05) is 31.2 Å². The van der Waals surface area contributed by atoms with Gasteiger partial charge in [0.15, 0.2) is 0 Å². The van der Waals surface area contributed by atoms with Crippen molar-refractivity contribution < 1.29 is 4.74 Å². The van der Waals surface area contributed by atoms with Crippen LogP contribution in [0.1, 0.15) is 20.3 Å². The Morgan fingerprint density at radius 3 is 2.81 bits per heavy atom. The van der Waals surface area contributed by atoms with Crippen LogP contribution < -0.4 is 15.8 Å². The van der Waals surface area contributed by atoms with E-state index >= 15 is 0 Å². The minimum absolute atomic E-state index is 0.562. The molecule has 1 unspecified atom stereocenters. The van der Waals surface area contributed by atoms with Crippen LogP contribution in [0.4, 0.5) is 5.69 Å². The minimum atomic E-state index is 0.562. The molecule has 0 aliphatic heterocycles. The lowest BCUT2D eigenvalue weighted by atomic mass is 10.1. The smallest absolute Gasteiger partial charge is 0.142 e. The molecule has 1 aromatic rings. The molecule has 16 heavy (non-hydrogen) atoms. The number of hydrogen-bond donors (Lipinski definition) is 2. The Hall–Kier alpha value is -1.22. The van der Waals surface area contributed by atoms with Crippen LogP contribution >= 0.6 is 0 Å². The Kier molecular flexibility index (Phi) is 5.72. The van der Waals surface area contributed by atoms with Gasteiger partial charge >= 0.3 is 0 Å². The van der Waals surface area contributed by atoms with E-state index < -0.39 is 0 Å². The fourth-order valence-corrected chi connectivity index (χ4v) is 1.47. The first-order valence-electron chi connectivity index (χ1n) is 5.93. The second kappa shape index (κ2) is 7.12. The maximum Gasteiger partial charge on any atom is 0.142 e. The highest BCUT2D eigenvalue weighted by molar-refractivity contribution is 5.56. The summed E-state index contributed by atoms with van der Waals surface area (Å²) >= 11 is 0. The molecule has 0 amide bonds. The first-order chi connectivity index (χ1) is 7.77. The van der Waals surface area contributed by atoms with Gasteiger partial charge in [-0.3, -0.25) is 0 Å². The van der Waals surface area contributed by atoms with Crippen LogP contribution in [0.2, 0.25) is 0 Å². The van der Waals surface area contributed by atoms with Crippen molar-refractivity contribution >= 4 is 5.69 Å². The molecule has 0 saturated heterocycles. The Morgan fingerprint density at radius 2 is 2.12 bits per heavy atom. The van der Waals surface area contributed by atoms with E-state index in [0.717, 1.165) is 30.9 Å². The summed E-state index contributed by atoms with van der Waals surface area (Å²) in [6.45, 7) is 6.53. The van der Waals surface area contributed by atoms with E-state index in [1.54, 1.807) is 0 Å². The van der Waals surface area contributed by atoms with Crippen LogP contribution in [-0.4, -0.2) is 19.7 Å². The molecule has 3 heteroatoms. The first kappa shape index (κ1) is 12.8. The molecule has 0 aliphatic rings. The zero-order valence-corrected chi connectivity index (χ0v) is 10.2. The van der Waals surface area contributed by atoms with E-state index in [0.29, 0.717) is 12.5 Å². The summed E-state index contributed by atoms with van der Waals surface area (Å²) in [5.74, 6) is 1.48. The maximum absolute atomic E-state index is 5.58. The van der Waals surface area contributed by atoms with Gasteiger partial charge in [-0.05, 0) is 37.9 Å². The quantitative estimate of drug-likeness (QED) is 0.745. The number of hydrogen-bond acceptors (Lipinski definition) is 3. The summed E-state index contributed by atoms with van der Waals surface area (Å²) in [7, 11) is 0. The van der Waals surface area contributed by atoms with Crippen molar-refractivity contribution in [3.05, 3.63) is 24.3 Å². The molecule has 1 aromatic carbocycles. The summed E-state index contributed by atoms with van der Waals surface area (Å²) < 4.78 is 5.53. The Morgan fingerprint density at radius 1 is 1.38 bits per heavy atom. The largest absolute Gasteiger partial charge is 0.492 e. The molecule has 3 N–H and O–H groups in total. The van der Waals surface area contributed by atoms with Gasteiger partial charge in [0.2, 0.25) is 0 Å². The van der Waals surface area contributed by atoms with Gasteiger partial charge in [-0.2, -0.15) is 0 Å². The van der Waals surface area contributed by atoms with Crippen LogP contribution in [0.5, 0.6) is 5.75 Å². The summed E-state index contributed by atoms with van der Waals surface area (Å²) in [5, 5.41) is 3.38. The Bertz CT molecular complexity index is 302. The molecule has 0 radical (unpaired) electrons. The standard InChI is InChI=1S/C13H22N2O/c1-3-16-13-7-5-4-6-12(13)15-9-8-11(2)10-14/h4-7,11,15H,3,8-10,14H2,1-2H3. The van der Waals surface area contributed by atoms with Gasteiger partial charge in [0.25, 0.3) is 0 Å². The van der Waals surface area contributed by atoms with E-state index in [-0.39, 0.29) is 0 Å². The molecule has 3 nitrogen and oxygen atoms in total. The number of ether oxygens (including phenoxy) is 1. The van der Waals surface area contributed by atoms with Gasteiger partial charge in [-0.1, -0.05) is 19.1 Å². The molecule has 0 heterocycles. The van der Waals surface area contributed by atoms with E-state index in [1.165, 1.54) is 0 Å². The molecule has 0 fully saturated rings. The molecular formula is C13H22N2O. The molecule has 90 valence electrons. The summed E-state index contributed by atoms with van der Waals surface area (Å²) in [4.78, 5) is 0.